The smallest absolute Gasteiger partial charge is 0.139 e. The molecule has 0 radical (unpaired) electrons. The SMILES string of the molecule is CCCCCCCCCCCC/C=C/C(=Nc1ccccc1)C(C#CCCCCCCCCCCCCCCCCC)=Nc1ccccc1. The summed E-state index contributed by atoms with van der Waals surface area (Å²) in [5.41, 5.74) is 3.47. The van der Waals surface area contributed by atoms with Gasteiger partial charge in [0.1, 0.15) is 5.71 Å². The van der Waals surface area contributed by atoms with Crippen LogP contribution in [0, 0.1) is 11.8 Å². The normalized spacial score (nSPS) is 12.0. The molecule has 0 bridgehead atoms. The summed E-state index contributed by atoms with van der Waals surface area (Å²) < 4.78 is 0. The number of allylic oxidation sites excluding steroid dienone is 2. The van der Waals surface area contributed by atoms with Gasteiger partial charge in [0, 0.05) is 6.42 Å². The van der Waals surface area contributed by atoms with Crippen molar-refractivity contribution >= 4 is 22.8 Å². The summed E-state index contributed by atoms with van der Waals surface area (Å²) >= 11 is 0. The number of aliphatic imine (C=N–C) groups is 2. The molecular formula is C47H72N2. The predicted octanol–water partition coefficient (Wildman–Crippen LogP) is 15.7. The summed E-state index contributed by atoms with van der Waals surface area (Å²) in [7, 11) is 0. The Kier molecular flexibility index (Phi) is 27.8. The van der Waals surface area contributed by atoms with E-state index in [0.717, 1.165) is 42.1 Å². The number of para-hydroxylation sites is 2. The van der Waals surface area contributed by atoms with Crippen molar-refractivity contribution in [1.29, 1.82) is 0 Å². The highest BCUT2D eigenvalue weighted by Gasteiger charge is 2.06. The van der Waals surface area contributed by atoms with Crippen LogP contribution >= 0.6 is 0 Å². The molecule has 49 heavy (non-hydrogen) atoms. The van der Waals surface area contributed by atoms with E-state index in [1.54, 1.807) is 0 Å². The van der Waals surface area contributed by atoms with Crippen LogP contribution in [0.4, 0.5) is 11.4 Å². The lowest BCUT2D eigenvalue weighted by atomic mass is 10.0. The molecule has 0 N–H and O–H groups in total. The maximum atomic E-state index is 5.04. The van der Waals surface area contributed by atoms with Crippen LogP contribution in [0.1, 0.15) is 187 Å². The molecule has 0 aliphatic heterocycles. The highest BCUT2D eigenvalue weighted by Crippen LogP contribution is 2.17. The topological polar surface area (TPSA) is 24.7 Å². The minimum absolute atomic E-state index is 0.760. The van der Waals surface area contributed by atoms with Crippen LogP contribution < -0.4 is 0 Å². The van der Waals surface area contributed by atoms with Gasteiger partial charge >= 0.3 is 0 Å². The van der Waals surface area contributed by atoms with Gasteiger partial charge in [0.15, 0.2) is 0 Å². The van der Waals surface area contributed by atoms with Crippen molar-refractivity contribution in [2.24, 2.45) is 9.98 Å². The summed E-state index contributed by atoms with van der Waals surface area (Å²) in [6.45, 7) is 4.59. The number of hydrogen-bond donors (Lipinski definition) is 0. The lowest BCUT2D eigenvalue weighted by molar-refractivity contribution is 0.533. The maximum Gasteiger partial charge on any atom is 0.139 e. The fourth-order valence-corrected chi connectivity index (χ4v) is 6.27. The number of rotatable bonds is 30. The Morgan fingerprint density at radius 3 is 1.31 bits per heavy atom. The Labute approximate surface area is 303 Å². The molecule has 0 aliphatic carbocycles. The van der Waals surface area contributed by atoms with Gasteiger partial charge in [0.25, 0.3) is 0 Å². The van der Waals surface area contributed by atoms with E-state index in [0.29, 0.717) is 0 Å². The Morgan fingerprint density at radius 2 is 0.857 bits per heavy atom. The molecule has 0 heterocycles. The van der Waals surface area contributed by atoms with Crippen LogP contribution in [0.5, 0.6) is 0 Å². The number of hydrogen-bond acceptors (Lipinski definition) is 2. The summed E-state index contributed by atoms with van der Waals surface area (Å²) in [5.74, 6) is 6.92. The van der Waals surface area contributed by atoms with E-state index >= 15 is 0 Å². The number of nitrogens with zero attached hydrogens (tertiary/aromatic N) is 2. The zero-order valence-electron chi connectivity index (χ0n) is 31.9. The molecular weight excluding hydrogens is 593 g/mol. The molecule has 0 spiro atoms. The second kappa shape index (κ2) is 32.3. The van der Waals surface area contributed by atoms with Gasteiger partial charge in [-0.1, -0.05) is 210 Å². The van der Waals surface area contributed by atoms with E-state index in [9.17, 15) is 0 Å². The van der Waals surface area contributed by atoms with Crippen molar-refractivity contribution < 1.29 is 0 Å². The van der Waals surface area contributed by atoms with Gasteiger partial charge in [-0.3, -0.25) is 0 Å². The first kappa shape index (κ1) is 42.2. The summed E-state index contributed by atoms with van der Waals surface area (Å²) in [6.07, 6.45) is 40.7. The first-order valence-electron chi connectivity index (χ1n) is 20.8. The third-order valence-electron chi connectivity index (χ3n) is 9.36. The van der Waals surface area contributed by atoms with Gasteiger partial charge in [0.2, 0.25) is 0 Å². The Hall–Kier alpha value is -2.92. The van der Waals surface area contributed by atoms with Crippen LogP contribution in [-0.2, 0) is 0 Å². The van der Waals surface area contributed by atoms with E-state index in [4.69, 9.17) is 9.98 Å². The van der Waals surface area contributed by atoms with E-state index in [2.05, 4.69) is 50.0 Å². The van der Waals surface area contributed by atoms with E-state index in [1.807, 2.05) is 48.5 Å². The Bertz CT molecular complexity index is 1160. The first-order chi connectivity index (χ1) is 24.3. The minimum atomic E-state index is 0.760. The van der Waals surface area contributed by atoms with Crippen molar-refractivity contribution in [1.82, 2.24) is 0 Å². The third kappa shape index (κ3) is 24.8. The fourth-order valence-electron chi connectivity index (χ4n) is 6.27. The summed E-state index contributed by atoms with van der Waals surface area (Å²) in [4.78, 5) is 10.0. The van der Waals surface area contributed by atoms with Crippen LogP contribution in [0.2, 0.25) is 0 Å². The van der Waals surface area contributed by atoms with Crippen molar-refractivity contribution in [3.8, 4) is 11.8 Å². The first-order valence-corrected chi connectivity index (χ1v) is 20.8. The van der Waals surface area contributed by atoms with Gasteiger partial charge in [-0.25, -0.2) is 9.98 Å². The third-order valence-corrected chi connectivity index (χ3v) is 9.36. The zero-order valence-corrected chi connectivity index (χ0v) is 31.9. The molecule has 2 aromatic carbocycles. The van der Waals surface area contributed by atoms with Crippen LogP contribution in [-0.4, -0.2) is 11.4 Å². The molecule has 0 amide bonds. The van der Waals surface area contributed by atoms with Gasteiger partial charge in [-0.05, 0) is 55.5 Å². The average Bonchev–Trinajstić information content (AvgIpc) is 3.13. The molecule has 0 atom stereocenters. The number of benzene rings is 2. The molecule has 2 rings (SSSR count). The molecule has 2 aromatic rings. The van der Waals surface area contributed by atoms with Gasteiger partial charge in [-0.2, -0.15) is 0 Å². The minimum Gasteiger partial charge on any atom is -0.246 e. The van der Waals surface area contributed by atoms with E-state index < -0.39 is 0 Å². The van der Waals surface area contributed by atoms with Crippen LogP contribution in [0.3, 0.4) is 0 Å². The molecule has 0 aromatic heterocycles. The second-order valence-corrected chi connectivity index (χ2v) is 14.0. The summed E-state index contributed by atoms with van der Waals surface area (Å²) in [6, 6.07) is 20.4. The van der Waals surface area contributed by atoms with Crippen molar-refractivity contribution in [3.63, 3.8) is 0 Å². The highest BCUT2D eigenvalue weighted by atomic mass is 14.8. The average molecular weight is 665 g/mol. The standard InChI is InChI=1S/C47H72N2/c1-3-5-7-9-11-13-15-17-18-19-20-21-23-25-27-29-37-43-47(49-45-40-34-31-35-41-45)46(48-44-38-32-30-33-39-44)42-36-28-26-24-22-16-14-12-10-8-6-4-2/h30-36,38-42H,3-29H2,1-2H3/b42-36+,48-46?,49-47?. The largest absolute Gasteiger partial charge is 0.246 e. The lowest BCUT2D eigenvalue weighted by Gasteiger charge is -2.04. The van der Waals surface area contributed by atoms with E-state index in [-0.39, 0.29) is 0 Å². The zero-order chi connectivity index (χ0) is 34.7. The van der Waals surface area contributed by atoms with Crippen molar-refractivity contribution in [2.75, 3.05) is 0 Å². The molecule has 2 heteroatoms. The Morgan fingerprint density at radius 1 is 0.469 bits per heavy atom. The van der Waals surface area contributed by atoms with Gasteiger partial charge < -0.3 is 0 Å². The van der Waals surface area contributed by atoms with Gasteiger partial charge in [-0.15, -0.1) is 0 Å². The van der Waals surface area contributed by atoms with Crippen LogP contribution in [0.25, 0.3) is 0 Å². The molecule has 270 valence electrons. The molecule has 0 saturated carbocycles. The Balaban J connectivity index is 1.82. The van der Waals surface area contributed by atoms with E-state index in [1.165, 1.54) is 154 Å². The predicted molar refractivity (Wildman–Crippen MR) is 220 cm³/mol. The molecule has 0 aliphatic rings. The fraction of sp³-hybridized carbons (Fsp3) is 0.617. The lowest BCUT2D eigenvalue weighted by Crippen LogP contribution is -2.09. The number of unbranched alkanes of at least 4 members (excludes halogenated alkanes) is 25. The highest BCUT2D eigenvalue weighted by molar-refractivity contribution is 6.53. The molecule has 0 saturated heterocycles. The van der Waals surface area contributed by atoms with Gasteiger partial charge in [0.05, 0.1) is 17.1 Å². The van der Waals surface area contributed by atoms with Crippen molar-refractivity contribution in [3.05, 3.63) is 72.8 Å². The molecule has 0 fully saturated rings. The maximum absolute atomic E-state index is 5.04. The van der Waals surface area contributed by atoms with Crippen molar-refractivity contribution in [2.45, 2.75) is 187 Å². The monoisotopic (exact) mass is 665 g/mol. The molecule has 2 nitrogen and oxygen atoms in total. The quantitative estimate of drug-likeness (QED) is 0.0451. The second-order valence-electron chi connectivity index (χ2n) is 14.0. The van der Waals surface area contributed by atoms with Crippen LogP contribution in [0.15, 0.2) is 82.8 Å². The molecule has 0 unspecified atom stereocenters. The summed E-state index contributed by atoms with van der Waals surface area (Å²) in [5, 5.41) is 0.